The highest BCUT2D eigenvalue weighted by molar-refractivity contribution is 5.90. The predicted octanol–water partition coefficient (Wildman–Crippen LogP) is 3.57. The Labute approximate surface area is 120 Å². The molecule has 2 aromatic rings. The molecule has 2 unspecified atom stereocenters. The minimum absolute atomic E-state index is 0.457. The van der Waals surface area contributed by atoms with Crippen molar-refractivity contribution >= 4 is 16.6 Å². The van der Waals surface area contributed by atoms with Crippen LogP contribution in [0, 0.1) is 0 Å². The number of nitrogens with one attached hydrogen (secondary N) is 2. The van der Waals surface area contributed by atoms with Gasteiger partial charge in [0, 0.05) is 23.7 Å². The highest BCUT2D eigenvalue weighted by atomic mass is 15.0. The van der Waals surface area contributed by atoms with Gasteiger partial charge >= 0.3 is 0 Å². The number of pyridine rings is 1. The SMILES string of the molecule is CC(CC1CCCCN1)Nc1cccc2cccnc12. The van der Waals surface area contributed by atoms with Gasteiger partial charge < -0.3 is 10.6 Å². The molecule has 1 aromatic carbocycles. The molecular formula is C17H23N3. The van der Waals surface area contributed by atoms with Crippen molar-refractivity contribution in [2.75, 3.05) is 11.9 Å². The molecule has 2 heterocycles. The molecule has 1 aliphatic heterocycles. The number of aromatic nitrogens is 1. The van der Waals surface area contributed by atoms with Crippen LogP contribution in [0.5, 0.6) is 0 Å². The topological polar surface area (TPSA) is 37.0 Å². The molecule has 0 bridgehead atoms. The first-order valence-electron chi connectivity index (χ1n) is 7.66. The van der Waals surface area contributed by atoms with Crippen LogP contribution < -0.4 is 10.6 Å². The van der Waals surface area contributed by atoms with E-state index in [9.17, 15) is 0 Å². The first kappa shape index (κ1) is 13.4. The first-order valence-corrected chi connectivity index (χ1v) is 7.66. The third kappa shape index (κ3) is 3.10. The summed E-state index contributed by atoms with van der Waals surface area (Å²) in [5.74, 6) is 0. The third-order valence-electron chi connectivity index (χ3n) is 4.09. The summed E-state index contributed by atoms with van der Waals surface area (Å²) in [7, 11) is 0. The minimum Gasteiger partial charge on any atom is -0.381 e. The largest absolute Gasteiger partial charge is 0.381 e. The standard InChI is InChI=1S/C17H23N3/c1-13(12-15-8-2-3-10-18-15)20-16-9-4-6-14-7-5-11-19-17(14)16/h4-7,9,11,13,15,18,20H,2-3,8,10,12H2,1H3. The summed E-state index contributed by atoms with van der Waals surface area (Å²) in [5, 5.41) is 8.44. The Balaban J connectivity index is 1.69. The molecule has 1 saturated heterocycles. The molecule has 3 nitrogen and oxygen atoms in total. The van der Waals surface area contributed by atoms with Gasteiger partial charge in [-0.1, -0.05) is 24.6 Å². The summed E-state index contributed by atoms with van der Waals surface area (Å²) in [6.07, 6.45) is 7.02. The number of piperidine rings is 1. The predicted molar refractivity (Wildman–Crippen MR) is 85.1 cm³/mol. The van der Waals surface area contributed by atoms with Crippen LogP contribution in [0.4, 0.5) is 5.69 Å². The Morgan fingerprint density at radius 1 is 1.30 bits per heavy atom. The Bertz CT molecular complexity index is 556. The molecule has 20 heavy (non-hydrogen) atoms. The number of hydrogen-bond donors (Lipinski definition) is 2. The number of anilines is 1. The molecule has 0 aliphatic carbocycles. The van der Waals surface area contributed by atoms with Crippen molar-refractivity contribution in [2.45, 2.75) is 44.7 Å². The molecule has 106 valence electrons. The van der Waals surface area contributed by atoms with Crippen molar-refractivity contribution < 1.29 is 0 Å². The second kappa shape index (κ2) is 6.23. The van der Waals surface area contributed by atoms with E-state index in [2.05, 4.69) is 46.8 Å². The molecule has 1 fully saturated rings. The van der Waals surface area contributed by atoms with Crippen molar-refractivity contribution in [2.24, 2.45) is 0 Å². The van der Waals surface area contributed by atoms with Gasteiger partial charge in [0.05, 0.1) is 11.2 Å². The molecule has 1 aliphatic rings. The summed E-state index contributed by atoms with van der Waals surface area (Å²) >= 11 is 0. The monoisotopic (exact) mass is 269 g/mol. The van der Waals surface area contributed by atoms with Gasteiger partial charge in [0.25, 0.3) is 0 Å². The summed E-state index contributed by atoms with van der Waals surface area (Å²) in [4.78, 5) is 4.50. The van der Waals surface area contributed by atoms with Gasteiger partial charge in [0.1, 0.15) is 0 Å². The van der Waals surface area contributed by atoms with Crippen LogP contribution in [0.3, 0.4) is 0 Å². The number of para-hydroxylation sites is 1. The highest BCUT2D eigenvalue weighted by Crippen LogP contribution is 2.22. The molecule has 0 radical (unpaired) electrons. The first-order chi connectivity index (χ1) is 9.83. The van der Waals surface area contributed by atoms with E-state index in [0.29, 0.717) is 12.1 Å². The maximum atomic E-state index is 4.50. The van der Waals surface area contributed by atoms with Gasteiger partial charge in [-0.2, -0.15) is 0 Å². The van der Waals surface area contributed by atoms with Crippen LogP contribution in [0.25, 0.3) is 10.9 Å². The van der Waals surface area contributed by atoms with E-state index in [1.165, 1.54) is 37.6 Å². The van der Waals surface area contributed by atoms with E-state index in [1.807, 2.05) is 12.3 Å². The lowest BCUT2D eigenvalue weighted by Crippen LogP contribution is -2.37. The van der Waals surface area contributed by atoms with Crippen LogP contribution in [0.2, 0.25) is 0 Å². The number of rotatable bonds is 4. The van der Waals surface area contributed by atoms with Gasteiger partial charge in [-0.05, 0) is 44.9 Å². The van der Waals surface area contributed by atoms with E-state index < -0.39 is 0 Å². The number of benzene rings is 1. The Morgan fingerprint density at radius 3 is 3.05 bits per heavy atom. The van der Waals surface area contributed by atoms with Gasteiger partial charge in [-0.15, -0.1) is 0 Å². The Hall–Kier alpha value is -1.61. The van der Waals surface area contributed by atoms with Crippen LogP contribution in [-0.2, 0) is 0 Å². The molecule has 0 saturated carbocycles. The average molecular weight is 269 g/mol. The Morgan fingerprint density at radius 2 is 2.20 bits per heavy atom. The number of nitrogens with zero attached hydrogens (tertiary/aromatic N) is 1. The normalized spacial score (nSPS) is 20.8. The fourth-order valence-electron chi connectivity index (χ4n) is 3.10. The van der Waals surface area contributed by atoms with Crippen molar-refractivity contribution in [3.63, 3.8) is 0 Å². The summed E-state index contributed by atoms with van der Waals surface area (Å²) in [6, 6.07) is 11.5. The fraction of sp³-hybridized carbons (Fsp3) is 0.471. The summed E-state index contributed by atoms with van der Waals surface area (Å²) in [5.41, 5.74) is 2.21. The molecule has 2 N–H and O–H groups in total. The molecule has 2 atom stereocenters. The summed E-state index contributed by atoms with van der Waals surface area (Å²) < 4.78 is 0. The Kier molecular flexibility index (Phi) is 4.16. The smallest absolute Gasteiger partial charge is 0.0933 e. The van der Waals surface area contributed by atoms with Crippen molar-refractivity contribution in [1.29, 1.82) is 0 Å². The van der Waals surface area contributed by atoms with Gasteiger partial charge in [0.15, 0.2) is 0 Å². The second-order valence-electron chi connectivity index (χ2n) is 5.81. The van der Waals surface area contributed by atoms with Crippen molar-refractivity contribution in [3.8, 4) is 0 Å². The molecule has 3 heteroatoms. The van der Waals surface area contributed by atoms with E-state index in [-0.39, 0.29) is 0 Å². The average Bonchev–Trinajstić information content (AvgIpc) is 2.48. The van der Waals surface area contributed by atoms with Crippen LogP contribution in [0.15, 0.2) is 36.5 Å². The second-order valence-corrected chi connectivity index (χ2v) is 5.81. The third-order valence-corrected chi connectivity index (χ3v) is 4.09. The maximum absolute atomic E-state index is 4.50. The van der Waals surface area contributed by atoms with Gasteiger partial charge in [-0.25, -0.2) is 0 Å². The van der Waals surface area contributed by atoms with Crippen molar-refractivity contribution in [1.82, 2.24) is 10.3 Å². The molecule has 3 rings (SSSR count). The summed E-state index contributed by atoms with van der Waals surface area (Å²) in [6.45, 7) is 3.44. The zero-order valence-corrected chi connectivity index (χ0v) is 12.1. The van der Waals surface area contributed by atoms with Crippen molar-refractivity contribution in [3.05, 3.63) is 36.5 Å². The lowest BCUT2D eigenvalue weighted by Gasteiger charge is -2.27. The van der Waals surface area contributed by atoms with Crippen LogP contribution in [0.1, 0.15) is 32.6 Å². The van der Waals surface area contributed by atoms with Crippen LogP contribution >= 0.6 is 0 Å². The van der Waals surface area contributed by atoms with Crippen LogP contribution in [-0.4, -0.2) is 23.6 Å². The maximum Gasteiger partial charge on any atom is 0.0933 e. The molecular weight excluding hydrogens is 246 g/mol. The molecule has 1 aromatic heterocycles. The minimum atomic E-state index is 0.457. The van der Waals surface area contributed by atoms with Gasteiger partial charge in [0.2, 0.25) is 0 Å². The number of fused-ring (bicyclic) bond motifs is 1. The molecule has 0 spiro atoms. The van der Waals surface area contributed by atoms with E-state index in [4.69, 9.17) is 0 Å². The molecule has 0 amide bonds. The van der Waals surface area contributed by atoms with E-state index >= 15 is 0 Å². The quantitative estimate of drug-likeness (QED) is 0.891. The van der Waals surface area contributed by atoms with Gasteiger partial charge in [-0.3, -0.25) is 4.98 Å². The zero-order chi connectivity index (χ0) is 13.8. The fourth-order valence-corrected chi connectivity index (χ4v) is 3.10. The van der Waals surface area contributed by atoms with E-state index in [1.54, 1.807) is 0 Å². The highest BCUT2D eigenvalue weighted by Gasteiger charge is 2.16. The zero-order valence-electron chi connectivity index (χ0n) is 12.1. The lowest BCUT2D eigenvalue weighted by atomic mass is 9.98. The van der Waals surface area contributed by atoms with E-state index in [0.717, 1.165) is 11.2 Å². The number of hydrogen-bond acceptors (Lipinski definition) is 3. The lowest BCUT2D eigenvalue weighted by molar-refractivity contribution is 0.371.